The molecule has 1 aromatic carbocycles. The Labute approximate surface area is 451 Å². The topological polar surface area (TPSA) is 518 Å². The van der Waals surface area contributed by atoms with E-state index >= 15 is 0 Å². The number of para-hydroxylation sites is 1. The van der Waals surface area contributed by atoms with Crippen molar-refractivity contribution in [1.82, 2.24) is 41.8 Å². The van der Waals surface area contributed by atoms with Gasteiger partial charge in [-0.15, -0.1) is 0 Å². The van der Waals surface area contributed by atoms with Crippen molar-refractivity contribution in [3.05, 3.63) is 47.8 Å². The minimum atomic E-state index is -1.61. The Kier molecular flexibility index (Phi) is 28.6. The molecule has 0 saturated carbocycles. The summed E-state index contributed by atoms with van der Waals surface area (Å²) >= 11 is 0. The number of aliphatic carboxylic acids is 1. The Bertz CT molecular complexity index is 2440. The molecule has 7 atom stereocenters. The highest BCUT2D eigenvalue weighted by molar-refractivity contribution is 6.40. The zero-order valence-electron chi connectivity index (χ0n) is 43.9. The molecule has 432 valence electrons. The molecule has 78 heavy (non-hydrogen) atoms. The first kappa shape index (κ1) is 64.9. The average molecular weight is 1100 g/mol. The molecular formula is C49H80N18O11. The van der Waals surface area contributed by atoms with E-state index in [9.17, 15) is 53.4 Å². The number of guanidine groups is 1. The van der Waals surface area contributed by atoms with E-state index in [1.165, 1.54) is 11.0 Å². The van der Waals surface area contributed by atoms with Gasteiger partial charge in [0.05, 0.1) is 18.7 Å². The molecule has 2 heterocycles. The number of hydrogen-bond donors (Lipinski definition) is 17. The molecular weight excluding hydrogens is 1020 g/mol. The minimum absolute atomic E-state index is 0.0366. The average Bonchev–Trinajstić information content (AvgIpc) is 4.10. The number of hydrogen-bond acceptors (Lipinski definition) is 17. The Morgan fingerprint density at radius 3 is 2.09 bits per heavy atom. The molecule has 8 amide bonds. The van der Waals surface area contributed by atoms with Crippen LogP contribution in [-0.4, -0.2) is 180 Å². The fourth-order valence-corrected chi connectivity index (χ4v) is 8.32. The molecule has 0 aliphatic carbocycles. The Hall–Kier alpha value is -7.41. The fourth-order valence-electron chi connectivity index (χ4n) is 8.32. The number of carbonyl (C=O) groups is 9. The quantitative estimate of drug-likeness (QED) is 0.0132. The predicted octanol–water partition coefficient (Wildman–Crippen LogP) is -5.53. The molecule has 29 heteroatoms. The molecule has 25 N–H and O–H groups in total. The molecule has 1 aromatic heterocycles. The summed E-state index contributed by atoms with van der Waals surface area (Å²) in [7, 11) is 0. The molecule has 3 rings (SSSR count). The van der Waals surface area contributed by atoms with Crippen LogP contribution < -0.4 is 77.8 Å². The van der Waals surface area contributed by atoms with Gasteiger partial charge in [-0.1, -0.05) is 30.7 Å². The van der Waals surface area contributed by atoms with Gasteiger partial charge in [0.1, 0.15) is 41.6 Å². The van der Waals surface area contributed by atoms with Crippen molar-refractivity contribution >= 4 is 75.8 Å². The summed E-state index contributed by atoms with van der Waals surface area (Å²) in [6, 6.07) is -0.600. The SMILES string of the molecule is NCCCC[C@H](NC(=O)[C@H](Cc1c[nH]c2ccccc12)NC(=O)[C@@H]1CCCN1C(=O)C(CCCN)=NC(=O)CNC(=O)[C@H](CCN)NC(=O)[C@@H](NC(=O)[C@@H](N)CCCCN)[C@@H](O)CN)C(=O)N/C(=C\CCN=C(N)N)C(=O)O. The van der Waals surface area contributed by atoms with Gasteiger partial charge in [-0.05, 0) is 108 Å². The van der Waals surface area contributed by atoms with Gasteiger partial charge in [0.25, 0.3) is 11.8 Å². The summed E-state index contributed by atoms with van der Waals surface area (Å²) in [5.74, 6) is -8.44. The van der Waals surface area contributed by atoms with Crippen LogP contribution in [0.4, 0.5) is 0 Å². The molecule has 1 aliphatic rings. The molecule has 1 saturated heterocycles. The molecule has 29 nitrogen and oxygen atoms in total. The lowest BCUT2D eigenvalue weighted by atomic mass is 10.0. The number of benzene rings is 1. The van der Waals surface area contributed by atoms with Gasteiger partial charge < -0.3 is 97.9 Å². The number of likely N-dealkylation sites (tertiary alicyclic amines) is 1. The first-order valence-corrected chi connectivity index (χ1v) is 26.0. The largest absolute Gasteiger partial charge is 0.477 e. The smallest absolute Gasteiger partial charge is 0.352 e. The van der Waals surface area contributed by atoms with E-state index in [2.05, 4.69) is 46.9 Å². The van der Waals surface area contributed by atoms with E-state index in [-0.39, 0.29) is 95.8 Å². The van der Waals surface area contributed by atoms with Crippen molar-refractivity contribution in [2.45, 2.75) is 126 Å². The number of nitrogens with zero attached hydrogens (tertiary/aromatic N) is 3. The number of rotatable bonds is 35. The van der Waals surface area contributed by atoms with Crippen molar-refractivity contribution in [3.63, 3.8) is 0 Å². The Morgan fingerprint density at radius 1 is 0.769 bits per heavy atom. The summed E-state index contributed by atoms with van der Waals surface area (Å²) in [6.45, 7) is -0.484. The minimum Gasteiger partial charge on any atom is -0.477 e. The van der Waals surface area contributed by atoms with Gasteiger partial charge in [0.15, 0.2) is 5.96 Å². The summed E-state index contributed by atoms with van der Waals surface area (Å²) in [5, 5.41) is 36.1. The maximum Gasteiger partial charge on any atom is 0.352 e. The third-order valence-electron chi connectivity index (χ3n) is 12.5. The van der Waals surface area contributed by atoms with E-state index < -0.39 is 114 Å². The number of carboxylic acid groups (broad SMARTS) is 1. The zero-order valence-corrected chi connectivity index (χ0v) is 43.9. The molecule has 0 bridgehead atoms. The van der Waals surface area contributed by atoms with E-state index in [4.69, 9.17) is 45.9 Å². The van der Waals surface area contributed by atoms with E-state index in [0.717, 1.165) is 10.9 Å². The lowest BCUT2D eigenvalue weighted by molar-refractivity contribution is -0.137. The van der Waals surface area contributed by atoms with Crippen molar-refractivity contribution in [1.29, 1.82) is 0 Å². The third kappa shape index (κ3) is 21.2. The second-order valence-corrected chi connectivity index (χ2v) is 18.5. The first-order valence-electron chi connectivity index (χ1n) is 26.0. The highest BCUT2D eigenvalue weighted by atomic mass is 16.4. The standard InChI is InChI=1S/C49H80N18O11/c50-18-5-3-11-30(55)41(70)66-40(38(68)25-54)46(75)63-33(17-21-53)42(71)60-27-39(69)61-34(14-7-20-52)47(76)67-23-9-16-37(67)45(74)65-36(24-28-26-59-31-12-2-1-10-29(28)31)44(73)62-32(13-4-6-19-51)43(72)64-35(48(77)78)15-8-22-58-49(56)57/h1-2,10,12,15,26,30,32-33,36-38,40,59,68H,3-9,11,13-14,16-25,27,50-55H2,(H,60,71)(H,62,73)(H,63,75)(H,64,72)(H,65,74)(H,66,70)(H,77,78)(H4,56,57,58)/b35-15-,61-34?/t30-,32-,33-,36-,37-,38-,40-/m0/s1. The number of amides is 8. The van der Waals surface area contributed by atoms with Gasteiger partial charge in [-0.25, -0.2) is 9.79 Å². The Morgan fingerprint density at radius 2 is 1.44 bits per heavy atom. The highest BCUT2D eigenvalue weighted by Crippen LogP contribution is 2.22. The number of carboxylic acids is 1. The molecule has 0 unspecified atom stereocenters. The van der Waals surface area contributed by atoms with Crippen molar-refractivity contribution < 1.29 is 53.4 Å². The normalized spacial score (nSPS) is 15.9. The monoisotopic (exact) mass is 1100 g/mol. The summed E-state index contributed by atoms with van der Waals surface area (Å²) in [6.07, 6.45) is 3.96. The van der Waals surface area contributed by atoms with Gasteiger partial charge in [-0.3, -0.25) is 43.3 Å². The van der Waals surface area contributed by atoms with Crippen LogP contribution in [0.15, 0.2) is 52.2 Å². The number of aromatic amines is 1. The summed E-state index contributed by atoms with van der Waals surface area (Å²) < 4.78 is 0. The number of aliphatic hydroxyl groups is 1. The van der Waals surface area contributed by atoms with Crippen LogP contribution in [-0.2, 0) is 49.6 Å². The number of nitrogens with two attached hydrogens (primary N) is 8. The zero-order chi connectivity index (χ0) is 57.7. The first-order chi connectivity index (χ1) is 37.3. The molecule has 1 fully saturated rings. The summed E-state index contributed by atoms with van der Waals surface area (Å²) in [4.78, 5) is 134. The number of aliphatic imine (C=N–C) groups is 2. The lowest BCUT2D eigenvalue weighted by Gasteiger charge is -2.28. The maximum atomic E-state index is 14.4. The van der Waals surface area contributed by atoms with Crippen molar-refractivity contribution in [3.8, 4) is 0 Å². The van der Waals surface area contributed by atoms with Crippen LogP contribution in [0.25, 0.3) is 10.9 Å². The fraction of sp³-hybridized carbons (Fsp3) is 0.571. The number of aromatic nitrogens is 1. The van der Waals surface area contributed by atoms with Crippen molar-refractivity contribution in [2.24, 2.45) is 55.9 Å². The van der Waals surface area contributed by atoms with Crippen LogP contribution in [0.3, 0.4) is 0 Å². The summed E-state index contributed by atoms with van der Waals surface area (Å²) in [5.41, 5.74) is 45.7. The molecule has 1 aliphatic heterocycles. The lowest BCUT2D eigenvalue weighted by Crippen LogP contribution is -2.61. The van der Waals surface area contributed by atoms with Crippen LogP contribution in [0.5, 0.6) is 0 Å². The number of aliphatic hydroxyl groups excluding tert-OH is 1. The van der Waals surface area contributed by atoms with Gasteiger partial charge in [0.2, 0.25) is 35.4 Å². The molecule has 2 aromatic rings. The number of nitrogens with one attached hydrogen (secondary N) is 7. The molecule has 0 spiro atoms. The predicted molar refractivity (Wildman–Crippen MR) is 290 cm³/mol. The van der Waals surface area contributed by atoms with E-state index in [0.29, 0.717) is 44.2 Å². The second-order valence-electron chi connectivity index (χ2n) is 18.5. The van der Waals surface area contributed by atoms with Gasteiger partial charge in [-0.2, -0.15) is 0 Å². The highest BCUT2D eigenvalue weighted by Gasteiger charge is 2.39. The van der Waals surface area contributed by atoms with Crippen LogP contribution in [0.2, 0.25) is 0 Å². The third-order valence-corrected chi connectivity index (χ3v) is 12.5. The van der Waals surface area contributed by atoms with Gasteiger partial charge >= 0.3 is 5.97 Å². The molecule has 0 radical (unpaired) electrons. The number of carbonyl (C=O) groups excluding carboxylic acids is 8. The van der Waals surface area contributed by atoms with E-state index in [1.807, 2.05) is 18.2 Å². The van der Waals surface area contributed by atoms with Gasteiger partial charge in [0, 0.05) is 43.2 Å². The maximum absolute atomic E-state index is 14.4. The van der Waals surface area contributed by atoms with Crippen LogP contribution >= 0.6 is 0 Å². The number of unbranched alkanes of at least 4 members (excludes halogenated alkanes) is 2. The Balaban J connectivity index is 1.85. The van der Waals surface area contributed by atoms with Crippen LogP contribution in [0.1, 0.15) is 82.6 Å². The number of fused-ring (bicyclic) bond motifs is 1. The number of H-pyrrole nitrogens is 1. The van der Waals surface area contributed by atoms with Crippen molar-refractivity contribution in [2.75, 3.05) is 52.4 Å². The second kappa shape index (κ2) is 34.4. The van der Waals surface area contributed by atoms with E-state index in [1.54, 1.807) is 12.3 Å². The van der Waals surface area contributed by atoms with Crippen LogP contribution in [0, 0.1) is 0 Å².